The molecule has 0 saturated heterocycles. The van der Waals surface area contributed by atoms with Crippen LogP contribution in [0.4, 0.5) is 0 Å². The molecule has 6 heteroatoms. The van der Waals surface area contributed by atoms with E-state index in [0.29, 0.717) is 0 Å². The van der Waals surface area contributed by atoms with Gasteiger partial charge in [-0.25, -0.2) is 9.59 Å². The molecule has 18 heavy (non-hydrogen) atoms. The Morgan fingerprint density at radius 3 is 1.78 bits per heavy atom. The van der Waals surface area contributed by atoms with Gasteiger partial charge in [0.2, 0.25) is 0 Å². The zero-order valence-electron chi connectivity index (χ0n) is 8.91. The molecule has 0 spiro atoms. The van der Waals surface area contributed by atoms with Gasteiger partial charge in [-0.1, -0.05) is 24.3 Å². The van der Waals surface area contributed by atoms with Crippen LogP contribution in [0.3, 0.4) is 0 Å². The standard InChI is InChI=1S/C12H8O6/c13-9-6-4-2-1-3-5(6)7(11(15)16)8(10(9)14)12(17)18/h1-4,13-14H,(H,15,16)(H,17,18). The highest BCUT2D eigenvalue weighted by atomic mass is 16.4. The zero-order valence-corrected chi connectivity index (χ0v) is 8.91. The van der Waals surface area contributed by atoms with Gasteiger partial charge in [0.05, 0.1) is 5.56 Å². The van der Waals surface area contributed by atoms with E-state index in [1.165, 1.54) is 24.3 Å². The molecule has 0 aliphatic heterocycles. The summed E-state index contributed by atoms with van der Waals surface area (Å²) in [7, 11) is 0. The van der Waals surface area contributed by atoms with Crippen molar-refractivity contribution in [1.82, 2.24) is 0 Å². The largest absolute Gasteiger partial charge is 0.504 e. The summed E-state index contributed by atoms with van der Waals surface area (Å²) < 4.78 is 0. The van der Waals surface area contributed by atoms with E-state index < -0.39 is 34.6 Å². The molecule has 0 amide bonds. The summed E-state index contributed by atoms with van der Waals surface area (Å²) in [4.78, 5) is 22.2. The van der Waals surface area contributed by atoms with Crippen LogP contribution in [0.25, 0.3) is 10.8 Å². The molecular weight excluding hydrogens is 240 g/mol. The normalized spacial score (nSPS) is 10.4. The zero-order chi connectivity index (χ0) is 13.4. The van der Waals surface area contributed by atoms with Gasteiger partial charge in [-0.3, -0.25) is 0 Å². The van der Waals surface area contributed by atoms with Gasteiger partial charge in [-0.15, -0.1) is 0 Å². The molecule has 0 heterocycles. The third-order valence-corrected chi connectivity index (χ3v) is 2.59. The Morgan fingerprint density at radius 2 is 1.28 bits per heavy atom. The molecule has 0 bridgehead atoms. The van der Waals surface area contributed by atoms with Crippen LogP contribution in [0.5, 0.6) is 11.5 Å². The highest BCUT2D eigenvalue weighted by Crippen LogP contribution is 2.40. The van der Waals surface area contributed by atoms with E-state index in [0.717, 1.165) is 0 Å². The molecule has 92 valence electrons. The Hall–Kier alpha value is -2.76. The summed E-state index contributed by atoms with van der Waals surface area (Å²) in [6.45, 7) is 0. The Bertz CT molecular complexity index is 674. The van der Waals surface area contributed by atoms with Gasteiger partial charge in [0, 0.05) is 10.8 Å². The lowest BCUT2D eigenvalue weighted by molar-refractivity contribution is 0.0650. The molecule has 2 rings (SSSR count). The number of carboxylic acid groups (broad SMARTS) is 2. The maximum atomic E-state index is 11.1. The van der Waals surface area contributed by atoms with Crippen molar-refractivity contribution in [2.75, 3.05) is 0 Å². The Balaban J connectivity index is 3.08. The molecule has 0 atom stereocenters. The third-order valence-electron chi connectivity index (χ3n) is 2.59. The van der Waals surface area contributed by atoms with E-state index in [-0.39, 0.29) is 10.8 Å². The summed E-state index contributed by atoms with van der Waals surface area (Å²) in [5, 5.41) is 37.4. The number of hydrogen-bond acceptors (Lipinski definition) is 4. The van der Waals surface area contributed by atoms with Crippen LogP contribution >= 0.6 is 0 Å². The van der Waals surface area contributed by atoms with E-state index in [9.17, 15) is 19.8 Å². The van der Waals surface area contributed by atoms with Gasteiger partial charge in [-0.2, -0.15) is 0 Å². The molecule has 2 aromatic carbocycles. The summed E-state index contributed by atoms with van der Waals surface area (Å²) in [5.41, 5.74) is -1.37. The molecule has 0 aliphatic rings. The quantitative estimate of drug-likeness (QED) is 0.600. The SMILES string of the molecule is O=C(O)c1c(O)c(O)c2ccccc2c1C(=O)O. The Labute approximate surface area is 100 Å². The minimum atomic E-state index is -1.62. The molecule has 4 N–H and O–H groups in total. The summed E-state index contributed by atoms with van der Waals surface area (Å²) in [6.07, 6.45) is 0. The molecule has 2 aromatic rings. The number of phenols is 2. The number of fused-ring (bicyclic) bond motifs is 1. The van der Waals surface area contributed by atoms with E-state index >= 15 is 0 Å². The number of carboxylic acids is 2. The minimum absolute atomic E-state index is 0.0534. The number of aromatic hydroxyl groups is 2. The van der Waals surface area contributed by atoms with E-state index in [1.54, 1.807) is 0 Å². The van der Waals surface area contributed by atoms with E-state index in [4.69, 9.17) is 10.2 Å². The Kier molecular flexibility index (Phi) is 2.55. The third kappa shape index (κ3) is 1.51. The number of aromatic carboxylic acids is 2. The van der Waals surface area contributed by atoms with Crippen molar-refractivity contribution >= 4 is 22.7 Å². The van der Waals surface area contributed by atoms with Crippen LogP contribution in [-0.4, -0.2) is 32.4 Å². The summed E-state index contributed by atoms with van der Waals surface area (Å²) in [5.74, 6) is -4.70. The van der Waals surface area contributed by atoms with Crippen LogP contribution in [0.1, 0.15) is 20.7 Å². The van der Waals surface area contributed by atoms with Crippen LogP contribution in [-0.2, 0) is 0 Å². The average Bonchev–Trinajstić information content (AvgIpc) is 2.32. The fourth-order valence-corrected chi connectivity index (χ4v) is 1.84. The predicted molar refractivity (Wildman–Crippen MR) is 61.2 cm³/mol. The van der Waals surface area contributed by atoms with Gasteiger partial charge in [0.15, 0.2) is 11.5 Å². The average molecular weight is 248 g/mol. The first kappa shape index (κ1) is 11.7. The minimum Gasteiger partial charge on any atom is -0.504 e. The first-order valence-corrected chi connectivity index (χ1v) is 4.88. The van der Waals surface area contributed by atoms with E-state index in [1.807, 2.05) is 0 Å². The number of carbonyl (C=O) groups is 2. The Morgan fingerprint density at radius 1 is 0.778 bits per heavy atom. The van der Waals surface area contributed by atoms with Crippen molar-refractivity contribution in [3.05, 3.63) is 35.4 Å². The van der Waals surface area contributed by atoms with Crippen LogP contribution in [0, 0.1) is 0 Å². The maximum Gasteiger partial charge on any atom is 0.340 e. The second-order valence-corrected chi connectivity index (χ2v) is 3.60. The number of hydrogen-bond donors (Lipinski definition) is 4. The second kappa shape index (κ2) is 3.92. The summed E-state index contributed by atoms with van der Waals surface area (Å²) in [6, 6.07) is 5.80. The maximum absolute atomic E-state index is 11.1. The molecule has 0 aliphatic carbocycles. The van der Waals surface area contributed by atoms with Gasteiger partial charge in [0.25, 0.3) is 0 Å². The van der Waals surface area contributed by atoms with Crippen molar-refractivity contribution < 1.29 is 30.0 Å². The number of rotatable bonds is 2. The van der Waals surface area contributed by atoms with Crippen LogP contribution in [0.15, 0.2) is 24.3 Å². The van der Waals surface area contributed by atoms with Crippen LogP contribution in [0.2, 0.25) is 0 Å². The van der Waals surface area contributed by atoms with Gasteiger partial charge in [-0.05, 0) is 0 Å². The van der Waals surface area contributed by atoms with Crippen molar-refractivity contribution in [2.45, 2.75) is 0 Å². The monoisotopic (exact) mass is 248 g/mol. The molecule has 0 aromatic heterocycles. The lowest BCUT2D eigenvalue weighted by Crippen LogP contribution is -2.09. The molecule has 0 unspecified atom stereocenters. The molecular formula is C12H8O6. The smallest absolute Gasteiger partial charge is 0.340 e. The first-order chi connectivity index (χ1) is 8.45. The molecule has 6 nitrogen and oxygen atoms in total. The van der Waals surface area contributed by atoms with Crippen molar-refractivity contribution in [3.63, 3.8) is 0 Å². The highest BCUT2D eigenvalue weighted by molar-refractivity contribution is 6.15. The van der Waals surface area contributed by atoms with E-state index in [2.05, 4.69) is 0 Å². The van der Waals surface area contributed by atoms with Gasteiger partial charge >= 0.3 is 11.9 Å². The highest BCUT2D eigenvalue weighted by Gasteiger charge is 2.27. The van der Waals surface area contributed by atoms with Crippen LogP contribution < -0.4 is 0 Å². The van der Waals surface area contributed by atoms with Crippen molar-refractivity contribution in [2.24, 2.45) is 0 Å². The van der Waals surface area contributed by atoms with Crippen molar-refractivity contribution in [1.29, 1.82) is 0 Å². The molecule has 0 radical (unpaired) electrons. The second-order valence-electron chi connectivity index (χ2n) is 3.60. The predicted octanol–water partition coefficient (Wildman–Crippen LogP) is 1.65. The topological polar surface area (TPSA) is 115 Å². The fraction of sp³-hybridized carbons (Fsp3) is 0. The number of benzene rings is 2. The molecule has 0 fully saturated rings. The van der Waals surface area contributed by atoms with Gasteiger partial charge in [0.1, 0.15) is 5.56 Å². The van der Waals surface area contributed by atoms with Crippen molar-refractivity contribution in [3.8, 4) is 11.5 Å². The van der Waals surface area contributed by atoms with Gasteiger partial charge < -0.3 is 20.4 Å². The fourth-order valence-electron chi connectivity index (χ4n) is 1.84. The lowest BCUT2D eigenvalue weighted by Gasteiger charge is -2.11. The first-order valence-electron chi connectivity index (χ1n) is 4.88. The molecule has 0 saturated carbocycles. The summed E-state index contributed by atoms with van der Waals surface area (Å²) >= 11 is 0. The lowest BCUT2D eigenvalue weighted by atomic mass is 9.97. The number of phenolic OH excluding ortho intramolecular Hbond substituents is 1.